The lowest BCUT2D eigenvalue weighted by molar-refractivity contribution is -0.129. The number of carbonyl (C=O) groups is 1. The molecule has 0 spiro atoms. The summed E-state index contributed by atoms with van der Waals surface area (Å²) in [7, 11) is 0. The molecule has 1 atom stereocenters. The second-order valence-corrected chi connectivity index (χ2v) is 5.13. The Balaban J connectivity index is 1.96. The van der Waals surface area contributed by atoms with Gasteiger partial charge in [-0.2, -0.15) is 0 Å². The van der Waals surface area contributed by atoms with Crippen LogP contribution in [0.2, 0.25) is 0 Å². The van der Waals surface area contributed by atoms with E-state index < -0.39 is 11.5 Å². The summed E-state index contributed by atoms with van der Waals surface area (Å²) in [6.45, 7) is 0. The molecule has 2 N–H and O–H groups in total. The van der Waals surface area contributed by atoms with Crippen LogP contribution in [0, 0.1) is 0 Å². The third kappa shape index (κ3) is 1.60. The Labute approximate surface area is 121 Å². The fraction of sp³-hybridized carbons (Fsp3) is 0.0588. The van der Waals surface area contributed by atoms with Crippen LogP contribution in [0.5, 0.6) is 0 Å². The molecule has 1 aliphatic rings. The molecular weight excluding hydrogens is 264 g/mol. The highest BCUT2D eigenvalue weighted by atomic mass is 16.3. The minimum atomic E-state index is -1.69. The molecule has 3 aromatic rings. The molecule has 0 aliphatic carbocycles. The summed E-state index contributed by atoms with van der Waals surface area (Å²) in [5.74, 6) is -0.444. The standard InChI is InChI=1S/C17H12N2O2/c20-16-17(21,13-6-2-4-8-15(13)19-16)12-9-11-5-1-3-7-14(11)18-10-12/h1-10,21H,(H,19,20). The van der Waals surface area contributed by atoms with Gasteiger partial charge < -0.3 is 10.4 Å². The maximum Gasteiger partial charge on any atom is 0.265 e. The van der Waals surface area contributed by atoms with Crippen molar-refractivity contribution >= 4 is 22.5 Å². The Morgan fingerprint density at radius 3 is 2.71 bits per heavy atom. The Morgan fingerprint density at radius 1 is 1.05 bits per heavy atom. The monoisotopic (exact) mass is 276 g/mol. The van der Waals surface area contributed by atoms with Gasteiger partial charge in [0.05, 0.1) is 5.52 Å². The van der Waals surface area contributed by atoms with Crippen molar-refractivity contribution in [3.05, 3.63) is 71.9 Å². The molecule has 1 aliphatic heterocycles. The highest BCUT2D eigenvalue weighted by Crippen LogP contribution is 2.40. The van der Waals surface area contributed by atoms with E-state index in [-0.39, 0.29) is 0 Å². The van der Waals surface area contributed by atoms with Crippen LogP contribution in [0.1, 0.15) is 11.1 Å². The fourth-order valence-electron chi connectivity index (χ4n) is 2.80. The number of rotatable bonds is 1. The van der Waals surface area contributed by atoms with Crippen molar-refractivity contribution < 1.29 is 9.90 Å². The van der Waals surface area contributed by atoms with Gasteiger partial charge in [0.25, 0.3) is 5.91 Å². The van der Waals surface area contributed by atoms with Crippen LogP contribution in [-0.2, 0) is 10.4 Å². The van der Waals surface area contributed by atoms with E-state index in [0.29, 0.717) is 16.8 Å². The first-order chi connectivity index (χ1) is 10.2. The van der Waals surface area contributed by atoms with Crippen LogP contribution < -0.4 is 5.32 Å². The van der Waals surface area contributed by atoms with Gasteiger partial charge in [-0.15, -0.1) is 0 Å². The molecular formula is C17H12N2O2. The molecule has 102 valence electrons. The number of amides is 1. The highest BCUT2D eigenvalue weighted by molar-refractivity contribution is 6.07. The van der Waals surface area contributed by atoms with E-state index in [1.54, 1.807) is 24.4 Å². The van der Waals surface area contributed by atoms with Crippen LogP contribution in [0.25, 0.3) is 10.9 Å². The van der Waals surface area contributed by atoms with E-state index in [0.717, 1.165) is 10.9 Å². The number of nitrogens with one attached hydrogen (secondary N) is 1. The summed E-state index contributed by atoms with van der Waals surface area (Å²) in [5, 5.41) is 14.6. The number of fused-ring (bicyclic) bond motifs is 2. The van der Waals surface area contributed by atoms with E-state index in [9.17, 15) is 9.90 Å². The van der Waals surface area contributed by atoms with Gasteiger partial charge in [-0.1, -0.05) is 36.4 Å². The van der Waals surface area contributed by atoms with Gasteiger partial charge in [0.1, 0.15) is 0 Å². The van der Waals surface area contributed by atoms with Crippen molar-refractivity contribution in [1.82, 2.24) is 4.98 Å². The highest BCUT2D eigenvalue weighted by Gasteiger charge is 2.46. The van der Waals surface area contributed by atoms with E-state index in [1.807, 2.05) is 36.4 Å². The molecule has 0 saturated carbocycles. The van der Waals surface area contributed by atoms with Gasteiger partial charge in [0, 0.05) is 28.4 Å². The number of anilines is 1. The first-order valence-corrected chi connectivity index (χ1v) is 6.68. The lowest BCUT2D eigenvalue weighted by Crippen LogP contribution is -2.35. The Morgan fingerprint density at radius 2 is 1.81 bits per heavy atom. The van der Waals surface area contributed by atoms with Crippen LogP contribution in [0.3, 0.4) is 0 Å². The van der Waals surface area contributed by atoms with E-state index >= 15 is 0 Å². The van der Waals surface area contributed by atoms with E-state index in [2.05, 4.69) is 10.3 Å². The summed E-state index contributed by atoms with van der Waals surface area (Å²) < 4.78 is 0. The maximum absolute atomic E-state index is 12.3. The number of para-hydroxylation sites is 2. The number of hydrogen-bond donors (Lipinski definition) is 2. The molecule has 0 radical (unpaired) electrons. The quantitative estimate of drug-likeness (QED) is 0.717. The summed E-state index contributed by atoms with van der Waals surface area (Å²) in [5.41, 5.74) is 0.818. The van der Waals surface area contributed by atoms with Crippen LogP contribution in [-0.4, -0.2) is 16.0 Å². The number of carbonyl (C=O) groups excluding carboxylic acids is 1. The molecule has 21 heavy (non-hydrogen) atoms. The molecule has 0 fully saturated rings. The first kappa shape index (κ1) is 12.1. The Bertz CT molecular complexity index is 875. The summed E-state index contributed by atoms with van der Waals surface area (Å²) in [6, 6.07) is 16.6. The fourth-order valence-corrected chi connectivity index (χ4v) is 2.80. The lowest BCUT2D eigenvalue weighted by Gasteiger charge is -2.21. The van der Waals surface area contributed by atoms with Crippen molar-refractivity contribution in [2.75, 3.05) is 5.32 Å². The SMILES string of the molecule is O=C1Nc2ccccc2C1(O)c1cnc2ccccc2c1. The van der Waals surface area contributed by atoms with Crippen molar-refractivity contribution in [2.24, 2.45) is 0 Å². The predicted octanol–water partition coefficient (Wildman–Crippen LogP) is 2.42. The largest absolute Gasteiger partial charge is 0.372 e. The lowest BCUT2D eigenvalue weighted by atomic mass is 9.88. The Hall–Kier alpha value is -2.72. The van der Waals surface area contributed by atoms with Crippen LogP contribution in [0.4, 0.5) is 5.69 Å². The summed E-state index contributed by atoms with van der Waals surface area (Å²) >= 11 is 0. The van der Waals surface area contributed by atoms with Crippen molar-refractivity contribution in [1.29, 1.82) is 0 Å². The molecule has 0 bridgehead atoms. The van der Waals surface area contributed by atoms with Crippen molar-refractivity contribution in [2.45, 2.75) is 5.60 Å². The second-order valence-electron chi connectivity index (χ2n) is 5.13. The molecule has 4 nitrogen and oxygen atoms in total. The van der Waals surface area contributed by atoms with Crippen LogP contribution >= 0.6 is 0 Å². The minimum absolute atomic E-state index is 0.444. The number of hydrogen-bond acceptors (Lipinski definition) is 3. The molecule has 4 rings (SSSR count). The van der Waals surface area contributed by atoms with Gasteiger partial charge in [0.2, 0.25) is 0 Å². The molecule has 1 amide bonds. The van der Waals surface area contributed by atoms with E-state index in [4.69, 9.17) is 0 Å². The van der Waals surface area contributed by atoms with Crippen molar-refractivity contribution in [3.8, 4) is 0 Å². The predicted molar refractivity (Wildman–Crippen MR) is 79.8 cm³/mol. The number of benzene rings is 2. The van der Waals surface area contributed by atoms with Crippen LogP contribution in [0.15, 0.2) is 60.8 Å². The zero-order valence-electron chi connectivity index (χ0n) is 11.1. The summed E-state index contributed by atoms with van der Waals surface area (Å²) in [4.78, 5) is 16.6. The van der Waals surface area contributed by atoms with Gasteiger partial charge in [-0.05, 0) is 18.2 Å². The number of pyridine rings is 1. The first-order valence-electron chi connectivity index (χ1n) is 6.68. The minimum Gasteiger partial charge on any atom is -0.372 e. The third-order valence-corrected chi connectivity index (χ3v) is 3.90. The zero-order valence-corrected chi connectivity index (χ0v) is 11.1. The van der Waals surface area contributed by atoms with E-state index in [1.165, 1.54) is 0 Å². The van der Waals surface area contributed by atoms with Crippen molar-refractivity contribution in [3.63, 3.8) is 0 Å². The molecule has 1 aromatic heterocycles. The second kappa shape index (κ2) is 4.14. The average molecular weight is 276 g/mol. The third-order valence-electron chi connectivity index (χ3n) is 3.90. The number of aromatic nitrogens is 1. The number of aliphatic hydroxyl groups is 1. The zero-order chi connectivity index (χ0) is 14.4. The van der Waals surface area contributed by atoms with Gasteiger partial charge in [0.15, 0.2) is 5.60 Å². The average Bonchev–Trinajstić information content (AvgIpc) is 2.79. The summed E-state index contributed by atoms with van der Waals surface area (Å²) in [6.07, 6.45) is 1.56. The smallest absolute Gasteiger partial charge is 0.265 e. The maximum atomic E-state index is 12.3. The molecule has 2 aromatic carbocycles. The molecule has 0 saturated heterocycles. The van der Waals surface area contributed by atoms with Gasteiger partial charge in [-0.3, -0.25) is 9.78 Å². The molecule has 1 unspecified atom stereocenters. The molecule has 4 heteroatoms. The normalized spacial score (nSPS) is 20.3. The molecule has 2 heterocycles. The Kier molecular flexibility index (Phi) is 2.37. The van der Waals surface area contributed by atoms with Gasteiger partial charge >= 0.3 is 0 Å². The number of nitrogens with zero attached hydrogens (tertiary/aromatic N) is 1. The topological polar surface area (TPSA) is 62.2 Å². The van der Waals surface area contributed by atoms with Gasteiger partial charge in [-0.25, -0.2) is 0 Å².